The molecule has 6 nitrogen and oxygen atoms in total. The summed E-state index contributed by atoms with van der Waals surface area (Å²) in [6, 6.07) is 15.0. The van der Waals surface area contributed by atoms with Crippen LogP contribution in [0.25, 0.3) is 0 Å². The van der Waals surface area contributed by atoms with Gasteiger partial charge in [-0.1, -0.05) is 18.2 Å². The van der Waals surface area contributed by atoms with E-state index in [2.05, 4.69) is 5.32 Å². The summed E-state index contributed by atoms with van der Waals surface area (Å²) in [4.78, 5) is 14.4. The van der Waals surface area contributed by atoms with E-state index in [9.17, 15) is 13.2 Å². The van der Waals surface area contributed by atoms with Gasteiger partial charge in [0.1, 0.15) is 0 Å². The normalized spacial score (nSPS) is 15.0. The molecule has 0 aliphatic carbocycles. The Morgan fingerprint density at radius 2 is 1.60 bits per heavy atom. The van der Waals surface area contributed by atoms with E-state index in [0.29, 0.717) is 24.3 Å². The van der Waals surface area contributed by atoms with Crippen LogP contribution in [0.2, 0.25) is 0 Å². The number of hydrogen-bond acceptors (Lipinski definition) is 4. The van der Waals surface area contributed by atoms with Crippen LogP contribution in [0.15, 0.2) is 59.5 Å². The van der Waals surface area contributed by atoms with Crippen molar-refractivity contribution in [3.05, 3.63) is 60.2 Å². The Kier molecular flexibility index (Phi) is 5.06. The molecule has 0 bridgehead atoms. The van der Waals surface area contributed by atoms with Crippen LogP contribution in [0.3, 0.4) is 0 Å². The van der Waals surface area contributed by atoms with Crippen LogP contribution in [-0.4, -0.2) is 52.5 Å². The number of nitrogens with zero attached hydrogens (tertiary/aromatic N) is 2. The van der Waals surface area contributed by atoms with Gasteiger partial charge in [-0.3, -0.25) is 9.10 Å². The molecule has 0 spiro atoms. The number of amides is 1. The lowest BCUT2D eigenvalue weighted by molar-refractivity contribution is 0.0735. The van der Waals surface area contributed by atoms with Crippen LogP contribution in [0.5, 0.6) is 0 Å². The molecule has 1 saturated heterocycles. The first-order valence-electron chi connectivity index (χ1n) is 8.14. The monoisotopic (exact) mass is 359 g/mol. The SMILES string of the molecule is CN(c1ccccc1)S(=O)(=O)c1ccc(C(=O)N2CCNCC2)cc1. The summed E-state index contributed by atoms with van der Waals surface area (Å²) in [5.74, 6) is -0.0677. The molecule has 1 aliphatic heterocycles. The Labute approximate surface area is 148 Å². The molecule has 132 valence electrons. The Hall–Kier alpha value is -2.38. The minimum absolute atomic E-state index is 0.0677. The van der Waals surface area contributed by atoms with Gasteiger partial charge in [0.05, 0.1) is 10.6 Å². The van der Waals surface area contributed by atoms with Crippen molar-refractivity contribution in [3.63, 3.8) is 0 Å². The third-order valence-electron chi connectivity index (χ3n) is 4.28. The van der Waals surface area contributed by atoms with Crippen molar-refractivity contribution in [1.82, 2.24) is 10.2 Å². The molecule has 1 N–H and O–H groups in total. The van der Waals surface area contributed by atoms with Gasteiger partial charge in [-0.15, -0.1) is 0 Å². The Balaban J connectivity index is 1.80. The van der Waals surface area contributed by atoms with E-state index < -0.39 is 10.0 Å². The molecular weight excluding hydrogens is 338 g/mol. The third-order valence-corrected chi connectivity index (χ3v) is 6.08. The maximum absolute atomic E-state index is 12.7. The van der Waals surface area contributed by atoms with E-state index in [-0.39, 0.29) is 10.8 Å². The second-order valence-electron chi connectivity index (χ2n) is 5.87. The van der Waals surface area contributed by atoms with Crippen LogP contribution in [0.1, 0.15) is 10.4 Å². The van der Waals surface area contributed by atoms with Crippen molar-refractivity contribution < 1.29 is 13.2 Å². The van der Waals surface area contributed by atoms with E-state index in [1.165, 1.54) is 23.5 Å². The molecule has 0 saturated carbocycles. The van der Waals surface area contributed by atoms with Crippen LogP contribution in [0, 0.1) is 0 Å². The first-order chi connectivity index (χ1) is 12.0. The Bertz CT molecular complexity index is 830. The number of anilines is 1. The van der Waals surface area contributed by atoms with Crippen molar-refractivity contribution >= 4 is 21.6 Å². The van der Waals surface area contributed by atoms with Gasteiger partial charge in [0.15, 0.2) is 0 Å². The molecule has 1 aliphatic rings. The largest absolute Gasteiger partial charge is 0.336 e. The van der Waals surface area contributed by atoms with Crippen molar-refractivity contribution in [1.29, 1.82) is 0 Å². The van der Waals surface area contributed by atoms with Crippen molar-refractivity contribution in [3.8, 4) is 0 Å². The smallest absolute Gasteiger partial charge is 0.264 e. The second-order valence-corrected chi connectivity index (χ2v) is 7.84. The van der Waals surface area contributed by atoms with Gasteiger partial charge < -0.3 is 10.2 Å². The van der Waals surface area contributed by atoms with Crippen molar-refractivity contribution in [2.45, 2.75) is 4.90 Å². The highest BCUT2D eigenvalue weighted by molar-refractivity contribution is 7.92. The Morgan fingerprint density at radius 1 is 1.00 bits per heavy atom. The lowest BCUT2D eigenvalue weighted by Crippen LogP contribution is -2.46. The first-order valence-corrected chi connectivity index (χ1v) is 9.58. The number of para-hydroxylation sites is 1. The maximum Gasteiger partial charge on any atom is 0.264 e. The number of piperazine rings is 1. The van der Waals surface area contributed by atoms with E-state index in [0.717, 1.165) is 13.1 Å². The van der Waals surface area contributed by atoms with Gasteiger partial charge >= 0.3 is 0 Å². The zero-order valence-electron chi connectivity index (χ0n) is 14.1. The summed E-state index contributed by atoms with van der Waals surface area (Å²) < 4.78 is 26.7. The number of benzene rings is 2. The van der Waals surface area contributed by atoms with Gasteiger partial charge in [-0.25, -0.2) is 8.42 Å². The molecule has 0 radical (unpaired) electrons. The first kappa shape index (κ1) is 17.4. The van der Waals surface area contributed by atoms with Gasteiger partial charge in [0.2, 0.25) is 0 Å². The zero-order valence-corrected chi connectivity index (χ0v) is 14.9. The predicted octanol–water partition coefficient (Wildman–Crippen LogP) is 1.56. The predicted molar refractivity (Wildman–Crippen MR) is 97.2 cm³/mol. The van der Waals surface area contributed by atoms with E-state index in [1.807, 2.05) is 6.07 Å². The van der Waals surface area contributed by atoms with Crippen molar-refractivity contribution in [2.75, 3.05) is 37.5 Å². The highest BCUT2D eigenvalue weighted by atomic mass is 32.2. The summed E-state index contributed by atoms with van der Waals surface area (Å²) in [7, 11) is -2.14. The number of carbonyl (C=O) groups is 1. The number of carbonyl (C=O) groups excluding carboxylic acids is 1. The summed E-state index contributed by atoms with van der Waals surface area (Å²) in [6.45, 7) is 2.88. The van der Waals surface area contributed by atoms with E-state index >= 15 is 0 Å². The fraction of sp³-hybridized carbons (Fsp3) is 0.278. The van der Waals surface area contributed by atoms with E-state index in [1.54, 1.807) is 41.3 Å². The molecule has 0 unspecified atom stereocenters. The zero-order chi connectivity index (χ0) is 17.9. The minimum atomic E-state index is -3.66. The van der Waals surface area contributed by atoms with E-state index in [4.69, 9.17) is 0 Å². The third kappa shape index (κ3) is 3.67. The van der Waals surface area contributed by atoms with Gasteiger partial charge in [-0.05, 0) is 36.4 Å². The van der Waals surface area contributed by atoms with Gasteiger partial charge in [-0.2, -0.15) is 0 Å². The highest BCUT2D eigenvalue weighted by Gasteiger charge is 2.23. The summed E-state index contributed by atoms with van der Waals surface area (Å²) in [5.41, 5.74) is 1.09. The lowest BCUT2D eigenvalue weighted by Gasteiger charge is -2.27. The molecule has 1 amide bonds. The molecule has 7 heteroatoms. The number of hydrogen-bond donors (Lipinski definition) is 1. The molecule has 2 aromatic carbocycles. The number of rotatable bonds is 4. The average Bonchev–Trinajstić information content (AvgIpc) is 2.68. The maximum atomic E-state index is 12.7. The quantitative estimate of drug-likeness (QED) is 0.899. The Morgan fingerprint density at radius 3 is 2.20 bits per heavy atom. The summed E-state index contributed by atoms with van der Waals surface area (Å²) in [5, 5.41) is 3.20. The molecular formula is C18H21N3O3S. The minimum Gasteiger partial charge on any atom is -0.336 e. The van der Waals surface area contributed by atoms with Crippen LogP contribution in [-0.2, 0) is 10.0 Å². The van der Waals surface area contributed by atoms with Crippen LogP contribution in [0.4, 0.5) is 5.69 Å². The summed E-state index contributed by atoms with van der Waals surface area (Å²) in [6.07, 6.45) is 0. The molecule has 3 rings (SSSR count). The fourth-order valence-electron chi connectivity index (χ4n) is 2.75. The lowest BCUT2D eigenvalue weighted by atomic mass is 10.2. The molecule has 1 fully saturated rings. The average molecular weight is 359 g/mol. The van der Waals surface area contributed by atoms with Crippen LogP contribution < -0.4 is 9.62 Å². The fourth-order valence-corrected chi connectivity index (χ4v) is 3.95. The van der Waals surface area contributed by atoms with Gasteiger partial charge in [0.25, 0.3) is 15.9 Å². The topological polar surface area (TPSA) is 69.7 Å². The van der Waals surface area contributed by atoms with Gasteiger partial charge in [0, 0.05) is 38.8 Å². The summed E-state index contributed by atoms with van der Waals surface area (Å²) >= 11 is 0. The van der Waals surface area contributed by atoms with Crippen molar-refractivity contribution in [2.24, 2.45) is 0 Å². The highest BCUT2D eigenvalue weighted by Crippen LogP contribution is 2.22. The molecule has 25 heavy (non-hydrogen) atoms. The molecule has 0 aromatic heterocycles. The van der Waals surface area contributed by atoms with Crippen LogP contribution >= 0.6 is 0 Å². The molecule has 1 heterocycles. The number of sulfonamides is 1. The standard InChI is InChI=1S/C18H21N3O3S/c1-20(16-5-3-2-4-6-16)25(23,24)17-9-7-15(8-10-17)18(22)21-13-11-19-12-14-21/h2-10,19H,11-14H2,1H3. The molecule has 0 atom stereocenters. The second kappa shape index (κ2) is 7.25. The number of nitrogens with one attached hydrogen (secondary N) is 1. The molecule has 2 aromatic rings.